The maximum absolute atomic E-state index is 11.2. The molecule has 4 N–H and O–H groups in total. The molecule has 84 valence electrons. The molecule has 0 aliphatic heterocycles. The lowest BCUT2D eigenvalue weighted by Crippen LogP contribution is -2.11. The lowest BCUT2D eigenvalue weighted by atomic mass is 9.95. The van der Waals surface area contributed by atoms with E-state index in [0.717, 1.165) is 10.9 Å². The fourth-order valence-corrected chi connectivity index (χ4v) is 2.06. The summed E-state index contributed by atoms with van der Waals surface area (Å²) in [6, 6.07) is 7.56. The first kappa shape index (κ1) is 10.5. The number of hydrogen-bond acceptors (Lipinski definition) is 2. The summed E-state index contributed by atoms with van der Waals surface area (Å²) < 4.78 is 0. The number of carboxylic acids is 1. The summed E-state index contributed by atoms with van der Waals surface area (Å²) in [5, 5.41) is 10.1. The highest BCUT2D eigenvalue weighted by molar-refractivity contribution is 5.93. The Kier molecular flexibility index (Phi) is 2.56. The van der Waals surface area contributed by atoms with Gasteiger partial charge in [-0.1, -0.05) is 25.1 Å². The highest BCUT2D eigenvalue weighted by atomic mass is 16.4. The van der Waals surface area contributed by atoms with E-state index in [1.54, 1.807) is 0 Å². The number of aromatic amines is 1. The number of carbonyl (C=O) groups is 1. The number of benzene rings is 1. The number of para-hydroxylation sites is 1. The number of fused-ring (bicyclic) bond motifs is 1. The van der Waals surface area contributed by atoms with Crippen LogP contribution in [0.5, 0.6) is 0 Å². The lowest BCUT2D eigenvalue weighted by Gasteiger charge is -2.09. The molecule has 0 bridgehead atoms. The SMILES string of the molecule is CCC(C(=O)O)c1c(N)[nH]c2ccccc12. The second-order valence-corrected chi connectivity index (χ2v) is 3.80. The summed E-state index contributed by atoms with van der Waals surface area (Å²) in [5.74, 6) is -0.925. The van der Waals surface area contributed by atoms with Crippen molar-refractivity contribution < 1.29 is 9.90 Å². The van der Waals surface area contributed by atoms with Gasteiger partial charge < -0.3 is 15.8 Å². The predicted molar refractivity (Wildman–Crippen MR) is 63.4 cm³/mol. The van der Waals surface area contributed by atoms with E-state index in [1.165, 1.54) is 0 Å². The van der Waals surface area contributed by atoms with Crippen LogP contribution in [-0.2, 0) is 4.79 Å². The van der Waals surface area contributed by atoms with Gasteiger partial charge in [-0.2, -0.15) is 0 Å². The minimum Gasteiger partial charge on any atom is -0.481 e. The fraction of sp³-hybridized carbons (Fsp3) is 0.250. The normalized spacial score (nSPS) is 12.8. The van der Waals surface area contributed by atoms with E-state index in [-0.39, 0.29) is 0 Å². The topological polar surface area (TPSA) is 79.1 Å². The van der Waals surface area contributed by atoms with Crippen molar-refractivity contribution in [3.63, 3.8) is 0 Å². The molecule has 4 heteroatoms. The van der Waals surface area contributed by atoms with Crippen LogP contribution in [-0.4, -0.2) is 16.1 Å². The molecule has 0 radical (unpaired) electrons. The average molecular weight is 218 g/mol. The molecular weight excluding hydrogens is 204 g/mol. The second kappa shape index (κ2) is 3.89. The molecular formula is C12H14N2O2. The highest BCUT2D eigenvalue weighted by Crippen LogP contribution is 2.32. The predicted octanol–water partition coefficient (Wildman–Crippen LogP) is 2.33. The molecule has 0 saturated carbocycles. The quantitative estimate of drug-likeness (QED) is 0.739. The van der Waals surface area contributed by atoms with Crippen molar-refractivity contribution in [2.24, 2.45) is 0 Å². The molecule has 0 aliphatic carbocycles. The number of rotatable bonds is 3. The first-order valence-electron chi connectivity index (χ1n) is 5.24. The Bertz CT molecular complexity index is 531. The molecule has 2 aromatic rings. The van der Waals surface area contributed by atoms with Crippen LogP contribution in [0.3, 0.4) is 0 Å². The molecule has 1 aromatic heterocycles. The van der Waals surface area contributed by atoms with Gasteiger partial charge in [-0.3, -0.25) is 4.79 Å². The second-order valence-electron chi connectivity index (χ2n) is 3.80. The van der Waals surface area contributed by atoms with Crippen molar-refractivity contribution in [2.75, 3.05) is 5.73 Å². The van der Waals surface area contributed by atoms with Gasteiger partial charge in [0.25, 0.3) is 0 Å². The molecule has 2 rings (SSSR count). The van der Waals surface area contributed by atoms with E-state index in [4.69, 9.17) is 10.8 Å². The van der Waals surface area contributed by atoms with Gasteiger partial charge in [-0.05, 0) is 12.5 Å². The summed E-state index contributed by atoms with van der Waals surface area (Å²) in [7, 11) is 0. The Labute approximate surface area is 93.1 Å². The molecule has 16 heavy (non-hydrogen) atoms. The molecule has 1 heterocycles. The smallest absolute Gasteiger partial charge is 0.311 e. The highest BCUT2D eigenvalue weighted by Gasteiger charge is 2.23. The van der Waals surface area contributed by atoms with Gasteiger partial charge >= 0.3 is 5.97 Å². The monoisotopic (exact) mass is 218 g/mol. The largest absolute Gasteiger partial charge is 0.481 e. The van der Waals surface area contributed by atoms with Crippen molar-refractivity contribution >= 4 is 22.7 Å². The average Bonchev–Trinajstić information content (AvgIpc) is 2.57. The molecule has 0 aliphatic rings. The minimum absolute atomic E-state index is 0.454. The zero-order valence-electron chi connectivity index (χ0n) is 9.03. The van der Waals surface area contributed by atoms with Crippen molar-refractivity contribution in [3.05, 3.63) is 29.8 Å². The molecule has 1 atom stereocenters. The number of H-pyrrole nitrogens is 1. The van der Waals surface area contributed by atoms with Crippen LogP contribution in [0.1, 0.15) is 24.8 Å². The molecule has 0 amide bonds. The number of carboxylic acid groups (broad SMARTS) is 1. The summed E-state index contributed by atoms with van der Waals surface area (Å²) in [5.41, 5.74) is 7.43. The Morgan fingerprint density at radius 1 is 1.50 bits per heavy atom. The van der Waals surface area contributed by atoms with Crippen LogP contribution < -0.4 is 5.73 Å². The first-order chi connectivity index (χ1) is 7.65. The maximum atomic E-state index is 11.2. The minimum atomic E-state index is -0.834. The van der Waals surface area contributed by atoms with Crippen molar-refractivity contribution in [3.8, 4) is 0 Å². The zero-order chi connectivity index (χ0) is 11.7. The molecule has 1 unspecified atom stereocenters. The third-order valence-electron chi connectivity index (χ3n) is 2.83. The number of hydrogen-bond donors (Lipinski definition) is 3. The Morgan fingerprint density at radius 2 is 2.19 bits per heavy atom. The van der Waals surface area contributed by atoms with E-state index < -0.39 is 11.9 Å². The lowest BCUT2D eigenvalue weighted by molar-refractivity contribution is -0.138. The van der Waals surface area contributed by atoms with Crippen molar-refractivity contribution in [2.45, 2.75) is 19.3 Å². The van der Waals surface area contributed by atoms with Crippen molar-refractivity contribution in [1.29, 1.82) is 0 Å². The Morgan fingerprint density at radius 3 is 2.81 bits per heavy atom. The number of aromatic nitrogens is 1. The third-order valence-corrected chi connectivity index (χ3v) is 2.83. The number of anilines is 1. The molecule has 1 aromatic carbocycles. The van der Waals surface area contributed by atoms with Gasteiger partial charge in [0.1, 0.15) is 5.82 Å². The molecule has 0 spiro atoms. The van der Waals surface area contributed by atoms with Crippen LogP contribution in [0, 0.1) is 0 Å². The third kappa shape index (κ3) is 1.52. The van der Waals surface area contributed by atoms with Crippen molar-refractivity contribution in [1.82, 2.24) is 4.98 Å². The standard InChI is InChI=1S/C12H14N2O2/c1-2-7(12(15)16)10-8-5-3-4-6-9(8)14-11(10)13/h3-7,14H,2,13H2,1H3,(H,15,16). The zero-order valence-corrected chi connectivity index (χ0v) is 9.03. The van der Waals surface area contributed by atoms with Gasteiger partial charge in [-0.15, -0.1) is 0 Å². The van der Waals surface area contributed by atoms with Crippen LogP contribution in [0.25, 0.3) is 10.9 Å². The van der Waals surface area contributed by atoms with E-state index in [0.29, 0.717) is 17.8 Å². The number of nitrogens with one attached hydrogen (secondary N) is 1. The number of aliphatic carboxylic acids is 1. The fourth-order valence-electron chi connectivity index (χ4n) is 2.06. The van der Waals surface area contributed by atoms with Gasteiger partial charge in [0.05, 0.1) is 5.92 Å². The first-order valence-corrected chi connectivity index (χ1v) is 5.24. The van der Waals surface area contributed by atoms with Crippen LogP contribution in [0.15, 0.2) is 24.3 Å². The molecule has 4 nitrogen and oxygen atoms in total. The number of nitrogen functional groups attached to an aromatic ring is 1. The van der Waals surface area contributed by atoms with Gasteiger partial charge in [0.2, 0.25) is 0 Å². The van der Waals surface area contributed by atoms with E-state index >= 15 is 0 Å². The van der Waals surface area contributed by atoms with Gasteiger partial charge in [0.15, 0.2) is 0 Å². The summed E-state index contributed by atoms with van der Waals surface area (Å²) in [6.07, 6.45) is 0.529. The van der Waals surface area contributed by atoms with Crippen LogP contribution >= 0.6 is 0 Å². The Balaban J connectivity index is 2.66. The summed E-state index contributed by atoms with van der Waals surface area (Å²) in [6.45, 7) is 1.85. The number of nitrogens with two attached hydrogens (primary N) is 1. The van der Waals surface area contributed by atoms with Gasteiger partial charge in [-0.25, -0.2) is 0 Å². The summed E-state index contributed by atoms with van der Waals surface area (Å²) >= 11 is 0. The van der Waals surface area contributed by atoms with Crippen LogP contribution in [0.2, 0.25) is 0 Å². The Hall–Kier alpha value is -1.97. The van der Waals surface area contributed by atoms with E-state index in [9.17, 15) is 4.79 Å². The maximum Gasteiger partial charge on any atom is 0.311 e. The van der Waals surface area contributed by atoms with Crippen LogP contribution in [0.4, 0.5) is 5.82 Å². The molecule has 0 fully saturated rings. The van der Waals surface area contributed by atoms with E-state index in [1.807, 2.05) is 31.2 Å². The van der Waals surface area contributed by atoms with E-state index in [2.05, 4.69) is 4.98 Å². The summed E-state index contributed by atoms with van der Waals surface area (Å²) in [4.78, 5) is 14.2. The van der Waals surface area contributed by atoms with Gasteiger partial charge in [0, 0.05) is 16.5 Å². The molecule has 0 saturated heterocycles.